The minimum atomic E-state index is 0.00865. The highest BCUT2D eigenvalue weighted by atomic mass is 16.1. The zero-order valence-corrected chi connectivity index (χ0v) is 20.8. The summed E-state index contributed by atoms with van der Waals surface area (Å²) in [6, 6.07) is 8.12. The Hall–Kier alpha value is -4.04. The molecule has 0 saturated carbocycles. The van der Waals surface area contributed by atoms with Gasteiger partial charge in [0.1, 0.15) is 0 Å². The quantitative estimate of drug-likeness (QED) is 0.407. The van der Waals surface area contributed by atoms with Crippen LogP contribution in [0.15, 0.2) is 55.4 Å². The molecule has 180 valence electrons. The number of terminal acetylenes is 1. The van der Waals surface area contributed by atoms with E-state index in [-0.39, 0.29) is 11.8 Å². The lowest BCUT2D eigenvalue weighted by atomic mass is 9.94. The van der Waals surface area contributed by atoms with Gasteiger partial charge in [0.15, 0.2) is 0 Å². The van der Waals surface area contributed by atoms with Crippen LogP contribution in [0.25, 0.3) is 28.8 Å². The van der Waals surface area contributed by atoms with E-state index >= 15 is 0 Å². The molecule has 0 aliphatic carbocycles. The van der Waals surface area contributed by atoms with Crippen molar-refractivity contribution < 1.29 is 4.79 Å². The normalized spacial score (nSPS) is 14.5. The fraction of sp³-hybridized carbons (Fsp3) is 0.267. The topological polar surface area (TPSA) is 61.0 Å². The maximum absolute atomic E-state index is 13.0. The summed E-state index contributed by atoms with van der Waals surface area (Å²) in [5.41, 5.74) is 7.58. The molecule has 2 N–H and O–H groups in total. The van der Waals surface area contributed by atoms with Gasteiger partial charge in [-0.05, 0) is 57.9 Å². The lowest BCUT2D eigenvalue weighted by molar-refractivity contribution is -0.121. The third-order valence-electron chi connectivity index (χ3n) is 6.46. The van der Waals surface area contributed by atoms with Gasteiger partial charge in [-0.3, -0.25) is 9.78 Å². The second kappa shape index (κ2) is 11.9. The maximum atomic E-state index is 13.0. The van der Waals surface area contributed by atoms with E-state index in [9.17, 15) is 4.79 Å². The van der Waals surface area contributed by atoms with E-state index < -0.39 is 0 Å². The third kappa shape index (κ3) is 5.55. The molecule has 0 spiro atoms. The van der Waals surface area contributed by atoms with Gasteiger partial charge in [-0.1, -0.05) is 30.9 Å². The molecule has 1 fully saturated rings. The number of nitrogens with zero attached hydrogens (tertiary/aromatic N) is 2. The molecule has 35 heavy (non-hydrogen) atoms. The minimum Gasteiger partial charge on any atom is -0.371 e. The van der Waals surface area contributed by atoms with Gasteiger partial charge >= 0.3 is 0 Å². The summed E-state index contributed by atoms with van der Waals surface area (Å²) in [6.45, 7) is 11.8. The number of carbonyl (C=O) groups excluding carboxylic acids is 1. The highest BCUT2D eigenvalue weighted by molar-refractivity contribution is 5.98. The molecule has 1 aliphatic heterocycles. The molecule has 1 saturated heterocycles. The first-order chi connectivity index (χ1) is 17.0. The number of fused-ring (bicyclic) bond motifs is 1. The van der Waals surface area contributed by atoms with Crippen LogP contribution in [-0.2, 0) is 4.79 Å². The first kappa shape index (κ1) is 25.6. The Kier molecular flexibility index (Phi) is 8.69. The van der Waals surface area contributed by atoms with Crippen LogP contribution in [0.3, 0.4) is 0 Å². The van der Waals surface area contributed by atoms with E-state index in [0.717, 1.165) is 59.3 Å². The van der Waals surface area contributed by atoms with Gasteiger partial charge in [-0.15, -0.1) is 12.8 Å². The number of anilines is 1. The summed E-state index contributed by atoms with van der Waals surface area (Å²) in [6.07, 6.45) is 21.4. The van der Waals surface area contributed by atoms with Crippen molar-refractivity contribution in [1.82, 2.24) is 14.9 Å². The number of aromatic amines is 1. The summed E-state index contributed by atoms with van der Waals surface area (Å²) < 4.78 is 0. The van der Waals surface area contributed by atoms with Crippen molar-refractivity contribution in [1.29, 1.82) is 0 Å². The number of rotatable bonds is 6. The van der Waals surface area contributed by atoms with Gasteiger partial charge in [0.2, 0.25) is 5.91 Å². The molecule has 3 heterocycles. The van der Waals surface area contributed by atoms with Gasteiger partial charge in [-0.25, -0.2) is 0 Å². The van der Waals surface area contributed by atoms with Crippen molar-refractivity contribution in [2.45, 2.75) is 33.6 Å². The Morgan fingerprint density at radius 2 is 1.97 bits per heavy atom. The number of amides is 1. The first-order valence-electron chi connectivity index (χ1n) is 11.9. The predicted molar refractivity (Wildman–Crippen MR) is 149 cm³/mol. The minimum absolute atomic E-state index is 0.00865. The van der Waals surface area contributed by atoms with Crippen molar-refractivity contribution in [2.24, 2.45) is 5.92 Å². The zero-order chi connectivity index (χ0) is 25.4. The largest absolute Gasteiger partial charge is 0.371 e. The summed E-state index contributed by atoms with van der Waals surface area (Å²) in [7, 11) is 0. The average molecular weight is 467 g/mol. The number of allylic oxidation sites excluding steroid dienone is 2. The molecule has 5 heteroatoms. The van der Waals surface area contributed by atoms with E-state index in [1.807, 2.05) is 49.7 Å². The lowest BCUT2D eigenvalue weighted by Crippen LogP contribution is -2.37. The zero-order valence-electron chi connectivity index (χ0n) is 20.8. The second-order valence-electron chi connectivity index (χ2n) is 8.52. The molecular formula is C30H34N4O. The predicted octanol–water partition coefficient (Wildman–Crippen LogP) is 6.51. The first-order valence-corrected chi connectivity index (χ1v) is 11.9. The Labute approximate surface area is 208 Å². The Morgan fingerprint density at radius 1 is 1.23 bits per heavy atom. The monoisotopic (exact) mass is 466 g/mol. The molecule has 1 aromatic carbocycles. The third-order valence-corrected chi connectivity index (χ3v) is 6.46. The second-order valence-corrected chi connectivity index (χ2v) is 8.52. The van der Waals surface area contributed by atoms with Crippen LogP contribution in [0.5, 0.6) is 0 Å². The number of hydrogen-bond donors (Lipinski definition) is 2. The number of hydrogen-bond acceptors (Lipinski definition) is 3. The van der Waals surface area contributed by atoms with E-state index in [4.69, 9.17) is 0 Å². The van der Waals surface area contributed by atoms with E-state index in [1.165, 1.54) is 11.3 Å². The number of aryl methyl sites for hydroxylation is 1. The van der Waals surface area contributed by atoms with Gasteiger partial charge in [0, 0.05) is 76.1 Å². The van der Waals surface area contributed by atoms with Crippen LogP contribution in [0.2, 0.25) is 0 Å². The number of pyridine rings is 1. The molecule has 1 amide bonds. The van der Waals surface area contributed by atoms with E-state index in [0.29, 0.717) is 0 Å². The van der Waals surface area contributed by atoms with Crippen molar-refractivity contribution in [3.8, 4) is 12.8 Å². The van der Waals surface area contributed by atoms with Crippen LogP contribution in [0.4, 0.5) is 5.69 Å². The number of aromatic nitrogens is 2. The van der Waals surface area contributed by atoms with Gasteiger partial charge in [-0.2, -0.15) is 0 Å². The standard InChI is InChI=1S/C28H32N4O.C2H2/c1-5-8-23-19(4)30-26-10-9-22(17-25(23)26)31-28(33)21-12-15-32(16-13-21)27(7-3)24-11-14-29-18-20(24)6-2;1-2/h5-11,14,17-18,21,30H,2,12-13,15-16H2,1,3-4H3,(H,31,33);1-2H/b8-5-,27-7+;. The number of benzene rings is 1. The molecule has 2 aromatic heterocycles. The number of H-pyrrole nitrogens is 1. The molecule has 0 atom stereocenters. The summed E-state index contributed by atoms with van der Waals surface area (Å²) in [5, 5.41) is 4.29. The van der Waals surface area contributed by atoms with Crippen molar-refractivity contribution in [3.63, 3.8) is 0 Å². The molecule has 0 unspecified atom stereocenters. The van der Waals surface area contributed by atoms with Crippen LogP contribution < -0.4 is 5.32 Å². The summed E-state index contributed by atoms with van der Waals surface area (Å²) in [5.74, 6) is 0.112. The van der Waals surface area contributed by atoms with Crippen LogP contribution in [-0.4, -0.2) is 33.9 Å². The van der Waals surface area contributed by atoms with Crippen LogP contribution in [0, 0.1) is 25.7 Å². The number of piperidine rings is 1. The number of nitrogens with one attached hydrogen (secondary N) is 2. The van der Waals surface area contributed by atoms with Gasteiger partial charge < -0.3 is 15.2 Å². The van der Waals surface area contributed by atoms with Gasteiger partial charge in [0.05, 0.1) is 0 Å². The number of likely N-dealkylation sites (tertiary alicyclic amines) is 1. The SMILES string of the molecule is C#C.C=Cc1cnccc1/C(=C\C)N1CCC(C(=O)Nc2ccc3[nH]c(C)c(/C=C\C)c3c2)CC1. The molecule has 0 radical (unpaired) electrons. The number of carbonyl (C=O) groups is 1. The molecule has 0 bridgehead atoms. The highest BCUT2D eigenvalue weighted by Gasteiger charge is 2.27. The lowest BCUT2D eigenvalue weighted by Gasteiger charge is -2.35. The van der Waals surface area contributed by atoms with E-state index in [2.05, 4.69) is 71.7 Å². The van der Waals surface area contributed by atoms with Crippen LogP contribution >= 0.6 is 0 Å². The summed E-state index contributed by atoms with van der Waals surface area (Å²) >= 11 is 0. The molecular weight excluding hydrogens is 432 g/mol. The Bertz CT molecular complexity index is 1270. The van der Waals surface area contributed by atoms with E-state index in [1.54, 1.807) is 0 Å². The molecule has 3 aromatic rings. The molecule has 4 rings (SSSR count). The fourth-order valence-electron chi connectivity index (χ4n) is 4.74. The van der Waals surface area contributed by atoms with Crippen molar-refractivity contribution >= 4 is 40.3 Å². The molecule has 1 aliphatic rings. The highest BCUT2D eigenvalue weighted by Crippen LogP contribution is 2.30. The maximum Gasteiger partial charge on any atom is 0.227 e. The van der Waals surface area contributed by atoms with Gasteiger partial charge in [0.25, 0.3) is 0 Å². The van der Waals surface area contributed by atoms with Crippen molar-refractivity contribution in [3.05, 3.63) is 77.8 Å². The summed E-state index contributed by atoms with van der Waals surface area (Å²) in [4.78, 5) is 23.0. The van der Waals surface area contributed by atoms with Crippen molar-refractivity contribution in [2.75, 3.05) is 18.4 Å². The Morgan fingerprint density at radius 3 is 2.63 bits per heavy atom. The fourth-order valence-corrected chi connectivity index (χ4v) is 4.74. The molecule has 5 nitrogen and oxygen atoms in total. The smallest absolute Gasteiger partial charge is 0.227 e. The Balaban J connectivity index is 0.00000167. The average Bonchev–Trinajstić information content (AvgIpc) is 3.21. The van der Waals surface area contributed by atoms with Crippen LogP contribution in [0.1, 0.15) is 49.1 Å².